The molecule has 0 amide bonds. The van der Waals surface area contributed by atoms with Gasteiger partial charge < -0.3 is 10.8 Å². The van der Waals surface area contributed by atoms with Crippen molar-refractivity contribution in [3.63, 3.8) is 0 Å². The predicted octanol–water partition coefficient (Wildman–Crippen LogP) is -0.336. The van der Waals surface area contributed by atoms with Gasteiger partial charge in [0.25, 0.3) is 0 Å². The molecule has 2 nitrogen and oxygen atoms in total. The first-order valence-corrected chi connectivity index (χ1v) is 2.18. The Kier molecular flexibility index (Phi) is 2.87. The maximum Gasteiger partial charge on any atom is 0.107 e. The zero-order chi connectivity index (χ0) is 5.86. The molecule has 7 heavy (non-hydrogen) atoms. The fourth-order valence-electron chi connectivity index (χ4n) is 0.129. The molecular formula is C4H10FNO. The van der Waals surface area contributed by atoms with E-state index in [0.717, 1.165) is 0 Å². The molecule has 0 rings (SSSR count). The Balaban J connectivity index is 3.14. The molecule has 0 spiro atoms. The van der Waals surface area contributed by atoms with Gasteiger partial charge in [0.15, 0.2) is 0 Å². The third kappa shape index (κ3) is 2.53. The lowest BCUT2D eigenvalue weighted by Gasteiger charge is -2.07. The highest BCUT2D eigenvalue weighted by molar-refractivity contribution is 4.64. The van der Waals surface area contributed by atoms with Gasteiger partial charge in [-0.05, 0) is 6.92 Å². The SMILES string of the molecule is CC(O)[C@H](N)CF. The Hall–Kier alpha value is -0.150. The van der Waals surface area contributed by atoms with Crippen molar-refractivity contribution >= 4 is 0 Å². The van der Waals surface area contributed by atoms with Crippen LogP contribution in [0.4, 0.5) is 4.39 Å². The predicted molar refractivity (Wildman–Crippen MR) is 25.6 cm³/mol. The lowest BCUT2D eigenvalue weighted by atomic mass is 10.2. The van der Waals surface area contributed by atoms with E-state index in [1.54, 1.807) is 0 Å². The number of aliphatic hydroxyl groups excluding tert-OH is 1. The van der Waals surface area contributed by atoms with Gasteiger partial charge in [-0.1, -0.05) is 0 Å². The summed E-state index contributed by atoms with van der Waals surface area (Å²) >= 11 is 0. The molecule has 1 unspecified atom stereocenters. The van der Waals surface area contributed by atoms with E-state index in [4.69, 9.17) is 10.8 Å². The third-order valence-electron chi connectivity index (χ3n) is 0.798. The lowest BCUT2D eigenvalue weighted by molar-refractivity contribution is 0.149. The van der Waals surface area contributed by atoms with E-state index in [2.05, 4.69) is 0 Å². The highest BCUT2D eigenvalue weighted by Crippen LogP contribution is 1.86. The summed E-state index contributed by atoms with van der Waals surface area (Å²) in [5.74, 6) is 0. The summed E-state index contributed by atoms with van der Waals surface area (Å²) in [6.45, 7) is 0.807. The Labute approximate surface area is 42.1 Å². The molecule has 2 atom stereocenters. The molecule has 0 fully saturated rings. The van der Waals surface area contributed by atoms with Gasteiger partial charge in [0.2, 0.25) is 0 Å². The standard InChI is InChI=1S/C4H10FNO/c1-3(7)4(6)2-5/h3-4,7H,2,6H2,1H3/t3?,4-/m1/s1. The fraction of sp³-hybridized carbons (Fsp3) is 1.00. The average Bonchev–Trinajstić information content (AvgIpc) is 1.65. The first kappa shape index (κ1) is 6.85. The van der Waals surface area contributed by atoms with Gasteiger partial charge >= 0.3 is 0 Å². The topological polar surface area (TPSA) is 46.2 Å². The van der Waals surface area contributed by atoms with E-state index in [9.17, 15) is 4.39 Å². The van der Waals surface area contributed by atoms with Crippen LogP contribution < -0.4 is 5.73 Å². The molecule has 0 aromatic carbocycles. The van der Waals surface area contributed by atoms with Gasteiger partial charge in [-0.25, -0.2) is 4.39 Å². The van der Waals surface area contributed by atoms with Crippen LogP contribution in [0.2, 0.25) is 0 Å². The van der Waals surface area contributed by atoms with Crippen molar-refractivity contribution in [2.24, 2.45) is 5.73 Å². The quantitative estimate of drug-likeness (QED) is 0.507. The van der Waals surface area contributed by atoms with Crippen molar-refractivity contribution < 1.29 is 9.50 Å². The Morgan fingerprint density at radius 2 is 2.29 bits per heavy atom. The second-order valence-corrected chi connectivity index (χ2v) is 1.56. The molecule has 0 saturated heterocycles. The molecule has 0 aliphatic heterocycles. The Bertz CT molecular complexity index is 49.0. The molecule has 0 radical (unpaired) electrons. The lowest BCUT2D eigenvalue weighted by Crippen LogP contribution is -2.34. The molecular weight excluding hydrogens is 97.0 g/mol. The monoisotopic (exact) mass is 107 g/mol. The second-order valence-electron chi connectivity index (χ2n) is 1.56. The van der Waals surface area contributed by atoms with Crippen LogP contribution in [0.15, 0.2) is 0 Å². The summed E-state index contributed by atoms with van der Waals surface area (Å²) in [5.41, 5.74) is 4.99. The van der Waals surface area contributed by atoms with Crippen LogP contribution in [0, 0.1) is 0 Å². The molecule has 3 heteroatoms. The van der Waals surface area contributed by atoms with Crippen molar-refractivity contribution in [3.8, 4) is 0 Å². The van der Waals surface area contributed by atoms with Gasteiger partial charge in [-0.15, -0.1) is 0 Å². The summed E-state index contributed by atoms with van der Waals surface area (Å²) in [6, 6.07) is -0.708. The molecule has 0 heterocycles. The minimum Gasteiger partial charge on any atom is -0.392 e. The van der Waals surface area contributed by atoms with Crippen LogP contribution in [0.3, 0.4) is 0 Å². The van der Waals surface area contributed by atoms with Gasteiger partial charge in [0.1, 0.15) is 6.67 Å². The number of nitrogens with two attached hydrogens (primary N) is 1. The number of aliphatic hydroxyl groups is 1. The van der Waals surface area contributed by atoms with Crippen molar-refractivity contribution in [1.82, 2.24) is 0 Å². The van der Waals surface area contributed by atoms with Crippen molar-refractivity contribution in [2.45, 2.75) is 19.1 Å². The normalized spacial score (nSPS) is 18.9. The van der Waals surface area contributed by atoms with Crippen molar-refractivity contribution in [2.75, 3.05) is 6.67 Å². The van der Waals surface area contributed by atoms with Crippen LogP contribution in [-0.4, -0.2) is 23.9 Å². The van der Waals surface area contributed by atoms with Gasteiger partial charge in [0.05, 0.1) is 12.1 Å². The molecule has 0 bridgehead atoms. The van der Waals surface area contributed by atoms with Gasteiger partial charge in [0, 0.05) is 0 Å². The summed E-state index contributed by atoms with van der Waals surface area (Å²) in [6.07, 6.45) is -0.731. The van der Waals surface area contributed by atoms with Crippen LogP contribution in [-0.2, 0) is 0 Å². The van der Waals surface area contributed by atoms with E-state index in [1.165, 1.54) is 6.92 Å². The van der Waals surface area contributed by atoms with Crippen LogP contribution in [0.25, 0.3) is 0 Å². The van der Waals surface area contributed by atoms with E-state index in [1.807, 2.05) is 0 Å². The zero-order valence-electron chi connectivity index (χ0n) is 4.26. The van der Waals surface area contributed by atoms with E-state index in [-0.39, 0.29) is 0 Å². The number of alkyl halides is 1. The van der Waals surface area contributed by atoms with Crippen LogP contribution >= 0.6 is 0 Å². The van der Waals surface area contributed by atoms with Crippen molar-refractivity contribution in [3.05, 3.63) is 0 Å². The summed E-state index contributed by atoms with van der Waals surface area (Å²) in [7, 11) is 0. The Morgan fingerprint density at radius 3 is 2.29 bits per heavy atom. The largest absolute Gasteiger partial charge is 0.392 e. The van der Waals surface area contributed by atoms with E-state index >= 15 is 0 Å². The summed E-state index contributed by atoms with van der Waals surface area (Å²) in [5, 5.41) is 8.46. The Morgan fingerprint density at radius 1 is 1.86 bits per heavy atom. The fourth-order valence-corrected chi connectivity index (χ4v) is 0.129. The average molecular weight is 107 g/mol. The molecule has 0 aliphatic rings. The number of hydrogen-bond donors (Lipinski definition) is 2. The van der Waals surface area contributed by atoms with E-state index in [0.29, 0.717) is 0 Å². The molecule has 0 aliphatic carbocycles. The minimum absolute atomic E-state index is 0.655. The smallest absolute Gasteiger partial charge is 0.107 e. The zero-order valence-corrected chi connectivity index (χ0v) is 4.26. The maximum absolute atomic E-state index is 11.4. The summed E-state index contributed by atoms with van der Waals surface area (Å²) < 4.78 is 11.4. The molecule has 44 valence electrons. The number of hydrogen-bond acceptors (Lipinski definition) is 2. The molecule has 0 saturated carbocycles. The second kappa shape index (κ2) is 2.93. The molecule has 3 N–H and O–H groups in total. The summed E-state index contributed by atoms with van der Waals surface area (Å²) in [4.78, 5) is 0. The minimum atomic E-state index is -0.731. The third-order valence-corrected chi connectivity index (χ3v) is 0.798. The van der Waals surface area contributed by atoms with Gasteiger partial charge in [-0.3, -0.25) is 0 Å². The molecule has 0 aromatic rings. The number of halogens is 1. The first-order chi connectivity index (χ1) is 3.18. The molecule has 0 aromatic heterocycles. The van der Waals surface area contributed by atoms with E-state index < -0.39 is 18.8 Å². The highest BCUT2D eigenvalue weighted by Gasteiger charge is 2.06. The van der Waals surface area contributed by atoms with Crippen molar-refractivity contribution in [1.29, 1.82) is 0 Å². The first-order valence-electron chi connectivity index (χ1n) is 2.18. The van der Waals surface area contributed by atoms with Crippen LogP contribution in [0.1, 0.15) is 6.92 Å². The number of rotatable bonds is 2. The van der Waals surface area contributed by atoms with Crippen LogP contribution in [0.5, 0.6) is 0 Å². The highest BCUT2D eigenvalue weighted by atomic mass is 19.1. The maximum atomic E-state index is 11.4. The van der Waals surface area contributed by atoms with Gasteiger partial charge in [-0.2, -0.15) is 0 Å².